The number of nitriles is 1. The molecule has 98 valence electrons. The third kappa shape index (κ3) is 3.37. The number of aryl methyl sites for hydroxylation is 1. The van der Waals surface area contributed by atoms with Gasteiger partial charge < -0.3 is 9.88 Å². The monoisotopic (exact) mass is 272 g/mol. The summed E-state index contributed by atoms with van der Waals surface area (Å²) in [4.78, 5) is 5.20. The first kappa shape index (κ1) is 13.7. The molecule has 1 aromatic carbocycles. The van der Waals surface area contributed by atoms with Crippen molar-refractivity contribution in [2.24, 2.45) is 7.05 Å². The first-order valence-corrected chi connectivity index (χ1v) is 6.95. The van der Waals surface area contributed by atoms with Crippen LogP contribution in [0.5, 0.6) is 0 Å². The van der Waals surface area contributed by atoms with Crippen molar-refractivity contribution < 1.29 is 0 Å². The van der Waals surface area contributed by atoms with Gasteiger partial charge in [0.05, 0.1) is 5.56 Å². The summed E-state index contributed by atoms with van der Waals surface area (Å²) in [6.07, 6.45) is 3.65. The van der Waals surface area contributed by atoms with E-state index in [9.17, 15) is 5.26 Å². The second-order valence-corrected chi connectivity index (χ2v) is 5.15. The topological polar surface area (TPSA) is 53.6 Å². The fourth-order valence-electron chi connectivity index (χ4n) is 1.68. The lowest BCUT2D eigenvalue weighted by Gasteiger charge is -2.07. The zero-order chi connectivity index (χ0) is 13.7. The molecule has 2 aromatic rings. The maximum Gasteiger partial charge on any atom is 0.172 e. The minimum Gasteiger partial charge on any atom is -0.329 e. The van der Waals surface area contributed by atoms with Gasteiger partial charge in [0.25, 0.3) is 0 Å². The minimum atomic E-state index is 0.698. The number of hydrogen-bond acceptors (Lipinski definition) is 4. The molecule has 2 rings (SSSR count). The van der Waals surface area contributed by atoms with Crippen LogP contribution in [0.25, 0.3) is 0 Å². The van der Waals surface area contributed by atoms with Crippen LogP contribution >= 0.6 is 11.8 Å². The van der Waals surface area contributed by atoms with Crippen LogP contribution in [-0.2, 0) is 13.6 Å². The summed E-state index contributed by atoms with van der Waals surface area (Å²) in [6.45, 7) is 3.78. The van der Waals surface area contributed by atoms with Gasteiger partial charge in [-0.05, 0) is 24.2 Å². The zero-order valence-corrected chi connectivity index (χ0v) is 11.9. The van der Waals surface area contributed by atoms with Crippen LogP contribution in [0.2, 0.25) is 0 Å². The molecule has 0 unspecified atom stereocenters. The van der Waals surface area contributed by atoms with Crippen LogP contribution < -0.4 is 5.32 Å². The van der Waals surface area contributed by atoms with Crippen molar-refractivity contribution in [3.63, 3.8) is 0 Å². The Morgan fingerprint density at radius 3 is 2.95 bits per heavy atom. The van der Waals surface area contributed by atoms with Gasteiger partial charge >= 0.3 is 0 Å². The Hall–Kier alpha value is -1.77. The highest BCUT2D eigenvalue weighted by atomic mass is 32.2. The number of nitrogens with zero attached hydrogens (tertiary/aromatic N) is 3. The molecule has 0 atom stereocenters. The normalized spacial score (nSPS) is 10.4. The molecule has 19 heavy (non-hydrogen) atoms. The van der Waals surface area contributed by atoms with Crippen LogP contribution in [0.15, 0.2) is 40.6 Å². The Morgan fingerprint density at radius 1 is 1.47 bits per heavy atom. The van der Waals surface area contributed by atoms with Gasteiger partial charge in [0.1, 0.15) is 6.07 Å². The van der Waals surface area contributed by atoms with E-state index in [1.54, 1.807) is 6.20 Å². The lowest BCUT2D eigenvalue weighted by Crippen LogP contribution is -2.11. The van der Waals surface area contributed by atoms with Crippen molar-refractivity contribution in [2.75, 3.05) is 6.54 Å². The van der Waals surface area contributed by atoms with Crippen molar-refractivity contribution in [1.82, 2.24) is 14.9 Å². The molecule has 1 heterocycles. The summed E-state index contributed by atoms with van der Waals surface area (Å²) in [5, 5.41) is 13.4. The van der Waals surface area contributed by atoms with Crippen LogP contribution in [0.4, 0.5) is 0 Å². The molecule has 0 bridgehead atoms. The fourth-order valence-corrected chi connectivity index (χ4v) is 2.55. The highest BCUT2D eigenvalue weighted by molar-refractivity contribution is 7.99. The summed E-state index contributed by atoms with van der Waals surface area (Å²) in [5.74, 6) is 0. The molecule has 1 N–H and O–H groups in total. The maximum atomic E-state index is 9.26. The van der Waals surface area contributed by atoms with E-state index in [1.165, 1.54) is 11.8 Å². The van der Waals surface area contributed by atoms with Gasteiger partial charge in [-0.1, -0.05) is 24.8 Å². The quantitative estimate of drug-likeness (QED) is 0.909. The molecular formula is C14H16N4S. The smallest absolute Gasteiger partial charge is 0.172 e. The Bertz CT molecular complexity index is 598. The van der Waals surface area contributed by atoms with E-state index in [4.69, 9.17) is 0 Å². The Kier molecular flexibility index (Phi) is 4.61. The van der Waals surface area contributed by atoms with Crippen molar-refractivity contribution in [2.45, 2.75) is 23.5 Å². The lowest BCUT2D eigenvalue weighted by molar-refractivity contribution is 0.726. The molecule has 0 fully saturated rings. The van der Waals surface area contributed by atoms with E-state index in [2.05, 4.69) is 29.4 Å². The standard InChI is InChI=1S/C14H16N4S/c1-3-16-10-11-4-5-13(12(8-11)9-15)19-14-17-6-7-18(14)2/h4-8,16H,3,10H2,1-2H3. The van der Waals surface area contributed by atoms with Crippen LogP contribution in [0, 0.1) is 11.3 Å². The van der Waals surface area contributed by atoms with Gasteiger partial charge in [-0.15, -0.1) is 0 Å². The fraction of sp³-hybridized carbons (Fsp3) is 0.286. The van der Waals surface area contributed by atoms with E-state index in [0.717, 1.165) is 28.7 Å². The lowest BCUT2D eigenvalue weighted by atomic mass is 10.1. The second kappa shape index (κ2) is 6.41. The summed E-state index contributed by atoms with van der Waals surface area (Å²) in [5.41, 5.74) is 1.82. The Labute approximate surface area is 117 Å². The van der Waals surface area contributed by atoms with Crippen LogP contribution in [0.1, 0.15) is 18.1 Å². The van der Waals surface area contributed by atoms with Crippen molar-refractivity contribution in [1.29, 1.82) is 5.26 Å². The highest BCUT2D eigenvalue weighted by Gasteiger charge is 2.08. The second-order valence-electron chi connectivity index (χ2n) is 4.15. The minimum absolute atomic E-state index is 0.698. The van der Waals surface area contributed by atoms with Gasteiger partial charge in [-0.25, -0.2) is 4.98 Å². The van der Waals surface area contributed by atoms with E-state index in [1.807, 2.05) is 29.9 Å². The van der Waals surface area contributed by atoms with Crippen LogP contribution in [-0.4, -0.2) is 16.1 Å². The zero-order valence-electron chi connectivity index (χ0n) is 11.1. The molecule has 0 aliphatic carbocycles. The van der Waals surface area contributed by atoms with Gasteiger partial charge in [-0.2, -0.15) is 5.26 Å². The van der Waals surface area contributed by atoms with Crippen LogP contribution in [0.3, 0.4) is 0 Å². The van der Waals surface area contributed by atoms with Gasteiger partial charge in [0.2, 0.25) is 0 Å². The molecule has 0 radical (unpaired) electrons. The highest BCUT2D eigenvalue weighted by Crippen LogP contribution is 2.29. The largest absolute Gasteiger partial charge is 0.329 e. The molecule has 4 nitrogen and oxygen atoms in total. The third-order valence-corrected chi connectivity index (χ3v) is 3.87. The predicted molar refractivity (Wildman–Crippen MR) is 75.9 cm³/mol. The third-order valence-electron chi connectivity index (χ3n) is 2.72. The molecule has 0 saturated carbocycles. The average molecular weight is 272 g/mol. The van der Waals surface area contributed by atoms with Crippen molar-refractivity contribution >= 4 is 11.8 Å². The molecule has 5 heteroatoms. The van der Waals surface area contributed by atoms with E-state index >= 15 is 0 Å². The molecule has 1 aromatic heterocycles. The van der Waals surface area contributed by atoms with Crippen molar-refractivity contribution in [3.8, 4) is 6.07 Å². The first-order chi connectivity index (χ1) is 9.24. The molecule has 0 aliphatic heterocycles. The van der Waals surface area contributed by atoms with Gasteiger partial charge in [0, 0.05) is 30.9 Å². The molecule has 0 spiro atoms. The molecule has 0 amide bonds. The molecular weight excluding hydrogens is 256 g/mol. The summed E-state index contributed by atoms with van der Waals surface area (Å²) in [7, 11) is 1.95. The maximum absolute atomic E-state index is 9.26. The SMILES string of the molecule is CCNCc1ccc(Sc2nccn2C)c(C#N)c1. The molecule has 0 aliphatic rings. The number of hydrogen-bond donors (Lipinski definition) is 1. The summed E-state index contributed by atoms with van der Waals surface area (Å²) >= 11 is 1.51. The number of aromatic nitrogens is 2. The Morgan fingerprint density at radius 2 is 2.32 bits per heavy atom. The van der Waals surface area contributed by atoms with Gasteiger partial charge in [-0.3, -0.25) is 0 Å². The summed E-state index contributed by atoms with van der Waals surface area (Å²) < 4.78 is 1.94. The predicted octanol–water partition coefficient (Wildman–Crippen LogP) is 2.55. The van der Waals surface area contributed by atoms with E-state index in [-0.39, 0.29) is 0 Å². The van der Waals surface area contributed by atoms with Gasteiger partial charge in [0.15, 0.2) is 5.16 Å². The number of rotatable bonds is 5. The van der Waals surface area contributed by atoms with E-state index in [0.29, 0.717) is 5.56 Å². The summed E-state index contributed by atoms with van der Waals surface area (Å²) in [6, 6.07) is 8.24. The average Bonchev–Trinajstić information content (AvgIpc) is 2.83. The number of nitrogens with one attached hydrogen (secondary N) is 1. The number of imidazole rings is 1. The number of benzene rings is 1. The first-order valence-electron chi connectivity index (χ1n) is 6.13. The molecule has 0 saturated heterocycles. The van der Waals surface area contributed by atoms with E-state index < -0.39 is 0 Å². The Balaban J connectivity index is 2.22. The van der Waals surface area contributed by atoms with Crippen molar-refractivity contribution in [3.05, 3.63) is 41.7 Å².